The largest absolute Gasteiger partial charge is 0.508 e. The summed E-state index contributed by atoms with van der Waals surface area (Å²) in [5.74, 6) is 20.7. The highest BCUT2D eigenvalue weighted by Crippen LogP contribution is 2.73. The lowest BCUT2D eigenvalue weighted by molar-refractivity contribution is -0.142. The maximum Gasteiger partial charge on any atom is 0.300 e. The van der Waals surface area contributed by atoms with Gasteiger partial charge in [0.05, 0.1) is 23.7 Å². The zero-order valence-electron chi connectivity index (χ0n) is 89.8. The monoisotopic (exact) mass is 1850 g/mol. The van der Waals surface area contributed by atoms with Gasteiger partial charge in [-0.3, -0.25) is 14.4 Å². The Morgan fingerprint density at radius 1 is 0.415 bits per heavy atom. The number of aliphatic hydroxyl groups is 3. The summed E-state index contributed by atoms with van der Waals surface area (Å²) in [4.78, 5) is 33.9. The summed E-state index contributed by atoms with van der Waals surface area (Å²) in [5, 5.41) is 57.2. The van der Waals surface area contributed by atoms with E-state index in [1.807, 2.05) is 36.4 Å². The number of carbonyl (C=O) groups is 3. The van der Waals surface area contributed by atoms with Crippen LogP contribution < -0.4 is 0 Å². The number of Topliss-reactive ketones (excluding diaryl/α,β-unsaturated/α-hetero) is 1. The van der Waals surface area contributed by atoms with Gasteiger partial charge in [0.25, 0.3) is 5.97 Å². The van der Waals surface area contributed by atoms with Gasteiger partial charge in [0, 0.05) is 19.8 Å². The lowest BCUT2D eigenvalue weighted by atomic mass is 9.45. The van der Waals surface area contributed by atoms with Crippen molar-refractivity contribution in [2.75, 3.05) is 0 Å². The third-order valence-electron chi connectivity index (χ3n) is 44.4. The number of aromatic hydroxyl groups is 2. The normalized spacial score (nSPS) is 40.5. The minimum atomic E-state index is -0.833. The number of rotatable bonds is 20. The molecule has 13 fully saturated rings. The highest BCUT2D eigenvalue weighted by Gasteiger charge is 2.65. The van der Waals surface area contributed by atoms with Gasteiger partial charge in [0.1, 0.15) is 17.3 Å². The molecule has 0 saturated heterocycles. The molecule has 0 amide bonds. The number of aliphatic carboxylic acids is 1. The van der Waals surface area contributed by atoms with Gasteiger partial charge in [-0.2, -0.15) is 0 Å². The number of fused-ring (bicyclic) bond motifs is 20. The molecule has 135 heavy (non-hydrogen) atoms. The number of phenolic OH excluding ortho intramolecular Hbond substituents is 2. The van der Waals surface area contributed by atoms with Crippen LogP contribution in [0.25, 0.3) is 11.1 Å². The van der Waals surface area contributed by atoms with Gasteiger partial charge in [-0.25, -0.2) is 0 Å². The first kappa shape index (κ1) is 107. The van der Waals surface area contributed by atoms with E-state index < -0.39 is 5.97 Å². The molecule has 6 N–H and O–H groups in total. The molecule has 0 radical (unpaired) electrons. The summed E-state index contributed by atoms with van der Waals surface area (Å²) < 4.78 is 0. The van der Waals surface area contributed by atoms with Crippen LogP contribution in [0, 0.1) is 191 Å². The van der Waals surface area contributed by atoms with Crippen molar-refractivity contribution in [3.63, 3.8) is 0 Å². The van der Waals surface area contributed by atoms with Crippen molar-refractivity contribution in [3.8, 4) is 11.5 Å². The van der Waals surface area contributed by atoms with Crippen LogP contribution in [0.3, 0.4) is 0 Å². The first-order valence-electron chi connectivity index (χ1n) is 56.7. The van der Waals surface area contributed by atoms with Crippen LogP contribution in [0.1, 0.15) is 414 Å². The number of carboxylic acid groups (broad SMARTS) is 1. The summed E-state index contributed by atoms with van der Waals surface area (Å²) in [6.07, 6.45) is 68.2. The molecule has 2 aromatic carbocycles. The second-order valence-corrected chi connectivity index (χ2v) is 51.4. The first-order valence-corrected chi connectivity index (χ1v) is 56.7. The molecule has 2 aromatic rings. The Kier molecular flexibility index (Phi) is 35.3. The van der Waals surface area contributed by atoms with Gasteiger partial charge in [-0.05, 0) is 464 Å². The molecule has 0 heterocycles. The van der Waals surface area contributed by atoms with Crippen molar-refractivity contribution >= 4 is 28.7 Å². The Labute approximate surface area is 823 Å². The SMILES string of the molecule is CC(=O)O.CC/C(=C(/CC)c1ccc(O)cc1)c1ccc(O)cc1.CC[C@H](/C=C/[C@@H](C)[C@H]1CC[C@H]2[C@@H]3CC=C4C[C@@H](O)CC[C@]4(C)[C@H]3CC[C@]12C)C(C)C.CC[C@H](/C=C/[C@@H](C)[C@H]1CC[C@H]2[C@@H]3CC=C4C[C@@H](O)CC[C@]4(C)[C@H]3CC[C@]12C)C(C)C.CC[C@H](CC[C@@H](C)[C@H]1CC[C@H]2[C@@H]3CCC4=CC=CC(=O)[C@]4(C)[C@H]3CC[C@]12C)C(C)C.C[C@]12CCC(=O)C[C@@H]1CC[C@@H]1[C@@H]2CC[C@]2(C)[C@@H](O)CC[C@@H]12. The van der Waals surface area contributed by atoms with Crippen molar-refractivity contribution in [2.24, 2.45) is 191 Å². The predicted molar refractivity (Wildman–Crippen MR) is 563 cm³/mol. The summed E-state index contributed by atoms with van der Waals surface area (Å²) in [6.45, 7) is 54.5. The fourth-order valence-corrected chi connectivity index (χ4v) is 36.1. The van der Waals surface area contributed by atoms with E-state index in [-0.39, 0.29) is 40.6 Å². The van der Waals surface area contributed by atoms with E-state index in [0.717, 1.165) is 213 Å². The smallest absolute Gasteiger partial charge is 0.300 e. The molecule has 18 rings (SSSR count). The molecular formula is C126H196O9. The molecule has 754 valence electrons. The van der Waals surface area contributed by atoms with E-state index in [1.54, 1.807) is 35.4 Å². The van der Waals surface area contributed by atoms with Crippen LogP contribution in [0.15, 0.2) is 120 Å². The Hall–Kier alpha value is -5.09. The number of phenols is 2. The maximum absolute atomic E-state index is 13.1. The van der Waals surface area contributed by atoms with Crippen LogP contribution in [0.5, 0.6) is 11.5 Å². The lowest BCUT2D eigenvalue weighted by Crippen LogP contribution is -2.54. The van der Waals surface area contributed by atoms with Crippen LogP contribution in [-0.2, 0) is 14.4 Å². The fraction of sp³-hybridized carbons (Fsp3) is 0.770. The molecule has 16 aliphatic rings. The van der Waals surface area contributed by atoms with Gasteiger partial charge < -0.3 is 30.6 Å². The van der Waals surface area contributed by atoms with Crippen molar-refractivity contribution < 1.29 is 45.0 Å². The standard InChI is InChI=1S/2C29H48O.C29H46O.C19H30O2.C18H20O2.C2H4O2/c2*1-7-21(19(2)3)9-8-20(4)25-12-13-26-24-11-10-22-18-23(30)14-16-28(22,5)27(24)15-17-29(25,26)6;1-7-21(19(2)3)12-11-20(4)24-15-16-25-23-14-13-22-9-8-10-27(30)29(22,6)26(23)17-18-28(24,25)5;1-18-9-7-13(20)11-12(18)3-4-14-15-5-6-17(21)19(15,2)10-8-16(14)18;1-3-17(13-5-9-15(19)10-6-13)18(4-2)14-7-11-16(20)12-8-14;1-2(3)4/h2*8-10,19-21,23-27,30H,7,11-18H2,1-6H3;8-10,19-21,23-26H,7,11-18H2,1-6H3;12,14-17,21H,3-11H2,1-2H3;5-12,19-20H,3-4H2,1-2H3;1H3,(H,3,4)/b2*9-8+;;;18-17+;/t2*20-,21-,23+,24+,25-,26+,27+,28+,29-;20-,21-,23+,24-,25+,26+,28-,29+;12-,14-,15-,16-,17-,18-,19-;;/m1110../s1. The van der Waals surface area contributed by atoms with Crippen molar-refractivity contribution in [2.45, 2.75) is 422 Å². The number of hydrogen-bond donors (Lipinski definition) is 6. The molecule has 13 saturated carbocycles. The fourth-order valence-electron chi connectivity index (χ4n) is 36.1. The Morgan fingerprint density at radius 3 is 1.30 bits per heavy atom. The number of allylic oxidation sites excluding steroid dienone is 12. The number of carbonyl (C=O) groups excluding carboxylic acids is 2. The number of hydrogen-bond acceptors (Lipinski definition) is 8. The van der Waals surface area contributed by atoms with E-state index in [4.69, 9.17) is 9.90 Å². The lowest BCUT2D eigenvalue weighted by Gasteiger charge is -2.60. The van der Waals surface area contributed by atoms with Gasteiger partial charge in [0.15, 0.2) is 5.78 Å². The van der Waals surface area contributed by atoms with E-state index in [2.05, 4.69) is 195 Å². The molecule has 0 aliphatic heterocycles. The first-order chi connectivity index (χ1) is 64.0. The molecule has 9 nitrogen and oxygen atoms in total. The zero-order valence-corrected chi connectivity index (χ0v) is 89.8. The predicted octanol–water partition coefficient (Wildman–Crippen LogP) is 32.5. The Bertz CT molecular complexity index is 4330. The van der Waals surface area contributed by atoms with Crippen LogP contribution in [0.2, 0.25) is 0 Å². The van der Waals surface area contributed by atoms with Crippen LogP contribution >= 0.6 is 0 Å². The summed E-state index contributed by atoms with van der Waals surface area (Å²) in [7, 11) is 0. The van der Waals surface area contributed by atoms with Crippen LogP contribution in [-0.4, -0.2) is 66.5 Å². The zero-order chi connectivity index (χ0) is 98.0. The molecule has 0 unspecified atom stereocenters. The molecular weight excluding hydrogens is 1660 g/mol. The minimum absolute atomic E-state index is 0.0677. The number of benzene rings is 2. The molecule has 0 spiro atoms. The quantitative estimate of drug-likeness (QED) is 0.0557. The van der Waals surface area contributed by atoms with Gasteiger partial charge in [-0.15, -0.1) is 0 Å². The highest BCUT2D eigenvalue weighted by atomic mass is 16.4. The molecule has 0 aromatic heterocycles. The van der Waals surface area contributed by atoms with E-state index >= 15 is 0 Å². The number of ketones is 2. The third-order valence-corrected chi connectivity index (χ3v) is 44.4. The summed E-state index contributed by atoms with van der Waals surface area (Å²) in [6, 6.07) is 14.7. The Balaban J connectivity index is 0.000000143. The maximum atomic E-state index is 13.1. The topological polar surface area (TPSA) is 173 Å². The van der Waals surface area contributed by atoms with Crippen LogP contribution in [0.4, 0.5) is 0 Å². The summed E-state index contributed by atoms with van der Waals surface area (Å²) in [5.41, 5.74) is 12.2. The average molecular weight is 1850 g/mol. The minimum Gasteiger partial charge on any atom is -0.508 e. The van der Waals surface area contributed by atoms with E-state index in [0.29, 0.717) is 67.7 Å². The average Bonchev–Trinajstić information content (AvgIpc) is 1.59. The van der Waals surface area contributed by atoms with E-state index in [9.17, 15) is 35.1 Å². The number of carboxylic acids is 1. The highest BCUT2D eigenvalue weighted by molar-refractivity contribution is 5.99. The second-order valence-electron chi connectivity index (χ2n) is 51.4. The second kappa shape index (κ2) is 44.4. The molecule has 16 aliphatic carbocycles. The third kappa shape index (κ3) is 21.6. The molecule has 33 atom stereocenters. The van der Waals surface area contributed by atoms with Gasteiger partial charge in [0.2, 0.25) is 0 Å². The van der Waals surface area contributed by atoms with Gasteiger partial charge in [-0.1, -0.05) is 248 Å². The van der Waals surface area contributed by atoms with E-state index in [1.165, 1.54) is 190 Å². The summed E-state index contributed by atoms with van der Waals surface area (Å²) >= 11 is 0. The van der Waals surface area contributed by atoms with Crippen molar-refractivity contribution in [3.05, 3.63) is 131 Å². The molecule has 9 heteroatoms. The number of aliphatic hydroxyl groups excluding tert-OH is 3. The van der Waals surface area contributed by atoms with Gasteiger partial charge >= 0.3 is 0 Å². The van der Waals surface area contributed by atoms with Crippen molar-refractivity contribution in [1.29, 1.82) is 0 Å². The Morgan fingerprint density at radius 2 is 0.837 bits per heavy atom. The van der Waals surface area contributed by atoms with Crippen molar-refractivity contribution in [1.82, 2.24) is 0 Å². The molecule has 0 bridgehead atoms.